The van der Waals surface area contributed by atoms with Gasteiger partial charge in [-0.3, -0.25) is 4.79 Å². The van der Waals surface area contributed by atoms with Crippen molar-refractivity contribution in [3.05, 3.63) is 77.7 Å². The van der Waals surface area contributed by atoms with Crippen molar-refractivity contribution in [2.45, 2.75) is 13.3 Å². The number of aromatic nitrogens is 2. The number of carbonyl (C=O) groups excluding carboxylic acids is 1. The number of likely N-dealkylation sites (N-methyl/N-ethyl adjacent to an activating group) is 1. The van der Waals surface area contributed by atoms with Gasteiger partial charge in [0.1, 0.15) is 22.9 Å². The van der Waals surface area contributed by atoms with Gasteiger partial charge < -0.3 is 23.5 Å². The van der Waals surface area contributed by atoms with E-state index in [0.717, 1.165) is 22.8 Å². The Morgan fingerprint density at radius 3 is 2.31 bits per heavy atom. The Labute approximate surface area is 204 Å². The number of furan rings is 1. The molecule has 1 amide bonds. The second kappa shape index (κ2) is 10.4. The van der Waals surface area contributed by atoms with E-state index in [1.54, 1.807) is 44.0 Å². The molecule has 0 unspecified atom stereocenters. The highest BCUT2D eigenvalue weighted by atomic mass is 16.5. The Kier molecular flexibility index (Phi) is 7.10. The maximum absolute atomic E-state index is 13.5. The zero-order valence-electron chi connectivity index (χ0n) is 20.6. The van der Waals surface area contributed by atoms with Crippen LogP contribution in [0.15, 0.2) is 65.1 Å². The van der Waals surface area contributed by atoms with Crippen molar-refractivity contribution in [2.24, 2.45) is 0 Å². The van der Waals surface area contributed by atoms with E-state index in [-0.39, 0.29) is 5.91 Å². The maximum atomic E-state index is 13.5. The molecule has 0 aliphatic heterocycles. The molecule has 0 aliphatic rings. The molecule has 8 nitrogen and oxygen atoms in total. The molecule has 0 saturated carbocycles. The average molecular weight is 476 g/mol. The summed E-state index contributed by atoms with van der Waals surface area (Å²) in [5.74, 6) is 3.29. The van der Waals surface area contributed by atoms with Crippen LogP contribution in [0.25, 0.3) is 17.1 Å². The SMILES string of the molecule is COc1ccc(-n2nc(-c3ccc(C)o3)cc2C(=O)N(C)CCc2ccc(OC)c(OC)c2)cc1. The molecule has 8 heteroatoms. The fourth-order valence-corrected chi connectivity index (χ4v) is 3.78. The molecule has 0 spiro atoms. The maximum Gasteiger partial charge on any atom is 0.272 e. The highest BCUT2D eigenvalue weighted by Crippen LogP contribution is 2.28. The molecule has 2 heterocycles. The van der Waals surface area contributed by atoms with Gasteiger partial charge in [-0.2, -0.15) is 5.10 Å². The van der Waals surface area contributed by atoms with Crippen molar-refractivity contribution >= 4 is 5.91 Å². The van der Waals surface area contributed by atoms with Gasteiger partial charge in [-0.05, 0) is 67.4 Å². The van der Waals surface area contributed by atoms with Crippen LogP contribution in [0.3, 0.4) is 0 Å². The molecule has 0 radical (unpaired) electrons. The van der Waals surface area contributed by atoms with Crippen LogP contribution in [-0.2, 0) is 6.42 Å². The first-order chi connectivity index (χ1) is 16.9. The molecule has 0 aliphatic carbocycles. The lowest BCUT2D eigenvalue weighted by Gasteiger charge is -2.18. The van der Waals surface area contributed by atoms with E-state index < -0.39 is 0 Å². The standard InChI is InChI=1S/C27H29N3O5/c1-18-6-12-24(35-18)22-17-23(30(28-22)20-8-10-21(32-3)11-9-20)27(31)29(2)15-14-19-7-13-25(33-4)26(16-19)34-5/h6-13,16-17H,14-15H2,1-5H3. The summed E-state index contributed by atoms with van der Waals surface area (Å²) in [6.45, 7) is 2.38. The van der Waals surface area contributed by atoms with Gasteiger partial charge in [-0.25, -0.2) is 4.68 Å². The fourth-order valence-electron chi connectivity index (χ4n) is 3.78. The minimum absolute atomic E-state index is 0.150. The van der Waals surface area contributed by atoms with E-state index in [1.807, 2.05) is 61.5 Å². The summed E-state index contributed by atoms with van der Waals surface area (Å²) < 4.78 is 23.4. The lowest BCUT2D eigenvalue weighted by Crippen LogP contribution is -2.30. The number of amides is 1. The minimum atomic E-state index is -0.150. The first-order valence-electron chi connectivity index (χ1n) is 11.2. The minimum Gasteiger partial charge on any atom is -0.497 e. The third-order valence-corrected chi connectivity index (χ3v) is 5.77. The lowest BCUT2D eigenvalue weighted by molar-refractivity contribution is 0.0787. The Morgan fingerprint density at radius 1 is 0.943 bits per heavy atom. The van der Waals surface area contributed by atoms with Crippen LogP contribution in [0.5, 0.6) is 17.2 Å². The van der Waals surface area contributed by atoms with E-state index in [1.165, 1.54) is 0 Å². The molecule has 0 N–H and O–H groups in total. The molecule has 182 valence electrons. The highest BCUT2D eigenvalue weighted by Gasteiger charge is 2.22. The number of aryl methyl sites for hydroxylation is 1. The van der Waals surface area contributed by atoms with Crippen LogP contribution in [0.4, 0.5) is 0 Å². The van der Waals surface area contributed by atoms with Crippen LogP contribution in [0.1, 0.15) is 21.8 Å². The van der Waals surface area contributed by atoms with Gasteiger partial charge in [0.05, 0.1) is 27.0 Å². The van der Waals surface area contributed by atoms with Gasteiger partial charge in [0, 0.05) is 19.7 Å². The van der Waals surface area contributed by atoms with Gasteiger partial charge in [0.2, 0.25) is 0 Å². The van der Waals surface area contributed by atoms with E-state index in [2.05, 4.69) is 5.10 Å². The third kappa shape index (κ3) is 5.16. The second-order valence-electron chi connectivity index (χ2n) is 8.10. The van der Waals surface area contributed by atoms with E-state index in [4.69, 9.17) is 18.6 Å². The molecule has 0 atom stereocenters. The van der Waals surface area contributed by atoms with Gasteiger partial charge in [-0.15, -0.1) is 0 Å². The molecule has 2 aromatic heterocycles. The predicted octanol–water partition coefficient (Wildman–Crippen LogP) is 4.78. The number of carbonyl (C=O) groups is 1. The molecule has 0 saturated heterocycles. The molecule has 35 heavy (non-hydrogen) atoms. The molecule has 0 bridgehead atoms. The number of ether oxygens (including phenoxy) is 3. The van der Waals surface area contributed by atoms with Gasteiger partial charge in [0.15, 0.2) is 17.3 Å². The predicted molar refractivity (Wildman–Crippen MR) is 133 cm³/mol. The Morgan fingerprint density at radius 2 is 1.69 bits per heavy atom. The van der Waals surface area contributed by atoms with E-state index in [9.17, 15) is 4.79 Å². The summed E-state index contributed by atoms with van der Waals surface area (Å²) in [5, 5.41) is 4.69. The van der Waals surface area contributed by atoms with E-state index in [0.29, 0.717) is 41.6 Å². The van der Waals surface area contributed by atoms with Crippen molar-refractivity contribution in [2.75, 3.05) is 34.9 Å². The molecule has 4 rings (SSSR count). The average Bonchev–Trinajstić information content (AvgIpc) is 3.53. The zero-order chi connectivity index (χ0) is 24.9. The monoisotopic (exact) mass is 475 g/mol. The third-order valence-electron chi connectivity index (χ3n) is 5.77. The number of hydrogen-bond acceptors (Lipinski definition) is 6. The van der Waals surface area contributed by atoms with Crippen molar-refractivity contribution in [1.29, 1.82) is 0 Å². The lowest BCUT2D eigenvalue weighted by atomic mass is 10.1. The molecule has 2 aromatic carbocycles. The van der Waals surface area contributed by atoms with Crippen molar-refractivity contribution in [3.8, 4) is 34.4 Å². The number of benzene rings is 2. The van der Waals surface area contributed by atoms with Crippen molar-refractivity contribution in [3.63, 3.8) is 0 Å². The summed E-state index contributed by atoms with van der Waals surface area (Å²) in [6.07, 6.45) is 0.656. The number of methoxy groups -OCH3 is 3. The molecule has 4 aromatic rings. The molecular formula is C27H29N3O5. The summed E-state index contributed by atoms with van der Waals surface area (Å²) >= 11 is 0. The number of hydrogen-bond donors (Lipinski definition) is 0. The summed E-state index contributed by atoms with van der Waals surface area (Å²) in [6, 6.07) is 18.7. The summed E-state index contributed by atoms with van der Waals surface area (Å²) in [4.78, 5) is 15.2. The van der Waals surface area contributed by atoms with E-state index >= 15 is 0 Å². The number of nitrogens with zero attached hydrogens (tertiary/aromatic N) is 3. The second-order valence-corrected chi connectivity index (χ2v) is 8.10. The quantitative estimate of drug-likeness (QED) is 0.347. The molecule has 0 fully saturated rings. The highest BCUT2D eigenvalue weighted by molar-refractivity contribution is 5.94. The van der Waals surface area contributed by atoms with Crippen LogP contribution in [0.2, 0.25) is 0 Å². The Balaban J connectivity index is 1.60. The van der Waals surface area contributed by atoms with Crippen LogP contribution in [0, 0.1) is 6.92 Å². The van der Waals surface area contributed by atoms with Crippen molar-refractivity contribution < 1.29 is 23.4 Å². The van der Waals surface area contributed by atoms with Crippen molar-refractivity contribution in [1.82, 2.24) is 14.7 Å². The largest absolute Gasteiger partial charge is 0.497 e. The summed E-state index contributed by atoms with van der Waals surface area (Å²) in [5.41, 5.74) is 2.81. The zero-order valence-corrected chi connectivity index (χ0v) is 20.6. The molecular weight excluding hydrogens is 446 g/mol. The topological polar surface area (TPSA) is 79.0 Å². The van der Waals surface area contributed by atoms with Crippen LogP contribution in [-0.4, -0.2) is 55.5 Å². The smallest absolute Gasteiger partial charge is 0.272 e. The number of rotatable bonds is 9. The first kappa shape index (κ1) is 23.9. The van der Waals surface area contributed by atoms with Crippen LogP contribution >= 0.6 is 0 Å². The summed E-state index contributed by atoms with van der Waals surface area (Å²) in [7, 11) is 6.61. The van der Waals surface area contributed by atoms with Gasteiger partial charge in [0.25, 0.3) is 5.91 Å². The van der Waals surface area contributed by atoms with Gasteiger partial charge >= 0.3 is 0 Å². The normalized spacial score (nSPS) is 10.8. The van der Waals surface area contributed by atoms with Gasteiger partial charge in [-0.1, -0.05) is 6.07 Å². The first-order valence-corrected chi connectivity index (χ1v) is 11.2. The Bertz CT molecular complexity index is 1310. The Hall–Kier alpha value is -4.20. The van der Waals surface area contributed by atoms with Crippen LogP contribution < -0.4 is 14.2 Å². The fraction of sp³-hybridized carbons (Fsp3) is 0.259.